The normalized spacial score (nSPS) is 19.6. The monoisotopic (exact) mass is 510 g/mol. The van der Waals surface area contributed by atoms with E-state index in [0.717, 1.165) is 45.1 Å². The van der Waals surface area contributed by atoms with Crippen molar-refractivity contribution in [1.82, 2.24) is 19.8 Å². The Hall–Kier alpha value is -1.77. The molecule has 3 rings (SSSR count). The minimum atomic E-state index is 0. The van der Waals surface area contributed by atoms with Crippen LogP contribution in [0.15, 0.2) is 54.0 Å². The average Bonchev–Trinajstić information content (AvgIpc) is 3.26. The third-order valence-electron chi connectivity index (χ3n) is 5.57. The number of hydrogen-bond acceptors (Lipinski definition) is 3. The van der Waals surface area contributed by atoms with Crippen LogP contribution in [-0.2, 0) is 0 Å². The lowest BCUT2D eigenvalue weighted by atomic mass is 9.93. The van der Waals surface area contributed by atoms with Crippen LogP contribution in [0.25, 0.3) is 0 Å². The molecule has 0 radical (unpaired) electrons. The van der Waals surface area contributed by atoms with Crippen molar-refractivity contribution in [2.45, 2.75) is 32.7 Å². The van der Waals surface area contributed by atoms with Crippen LogP contribution in [-0.4, -0.2) is 60.2 Å². The fraction of sp³-hybridized carbons (Fsp3) is 0.545. The number of halogens is 1. The van der Waals surface area contributed by atoms with Crippen molar-refractivity contribution < 1.29 is 0 Å². The van der Waals surface area contributed by atoms with Crippen LogP contribution in [0.4, 0.5) is 5.69 Å². The Kier molecular flexibility index (Phi) is 9.76. The van der Waals surface area contributed by atoms with Crippen molar-refractivity contribution in [1.29, 1.82) is 0 Å². The van der Waals surface area contributed by atoms with E-state index in [1.165, 1.54) is 12.1 Å². The van der Waals surface area contributed by atoms with Crippen LogP contribution in [0.1, 0.15) is 32.7 Å². The van der Waals surface area contributed by atoms with Gasteiger partial charge in [-0.1, -0.05) is 25.1 Å². The molecule has 1 aromatic heterocycles. The molecule has 1 aromatic carbocycles. The van der Waals surface area contributed by atoms with Gasteiger partial charge in [0.15, 0.2) is 5.96 Å². The number of aromatic nitrogens is 2. The first-order chi connectivity index (χ1) is 13.7. The summed E-state index contributed by atoms with van der Waals surface area (Å²) in [5.74, 6) is 1.69. The van der Waals surface area contributed by atoms with Crippen LogP contribution >= 0.6 is 24.0 Å². The van der Waals surface area contributed by atoms with E-state index < -0.39 is 0 Å². The zero-order chi connectivity index (χ0) is 19.8. The minimum Gasteiger partial charge on any atom is -0.375 e. The lowest BCUT2D eigenvalue weighted by Gasteiger charge is -2.39. The van der Waals surface area contributed by atoms with Crippen LogP contribution in [0, 0.1) is 5.92 Å². The number of piperidine rings is 1. The highest BCUT2D eigenvalue weighted by Crippen LogP contribution is 2.27. The summed E-state index contributed by atoms with van der Waals surface area (Å²) in [7, 11) is 2.14. The molecule has 1 saturated heterocycles. The number of benzene rings is 1. The predicted octanol–water partition coefficient (Wildman–Crippen LogP) is 3.88. The molecular formula is C22H35IN6. The van der Waals surface area contributed by atoms with Gasteiger partial charge in [0.05, 0.1) is 12.4 Å². The maximum atomic E-state index is 4.92. The topological polar surface area (TPSA) is 48.7 Å². The summed E-state index contributed by atoms with van der Waals surface area (Å²) in [4.78, 5) is 13.9. The zero-order valence-corrected chi connectivity index (χ0v) is 20.2. The predicted molar refractivity (Wildman–Crippen MR) is 132 cm³/mol. The van der Waals surface area contributed by atoms with Gasteiger partial charge in [-0.25, -0.2) is 4.98 Å². The fourth-order valence-corrected chi connectivity index (χ4v) is 3.83. The Morgan fingerprint density at radius 3 is 2.79 bits per heavy atom. The van der Waals surface area contributed by atoms with Gasteiger partial charge in [-0.2, -0.15) is 0 Å². The van der Waals surface area contributed by atoms with E-state index in [4.69, 9.17) is 4.99 Å². The van der Waals surface area contributed by atoms with Crippen LogP contribution in [0.3, 0.4) is 0 Å². The van der Waals surface area contributed by atoms with Gasteiger partial charge in [0, 0.05) is 57.9 Å². The largest absolute Gasteiger partial charge is 0.375 e. The summed E-state index contributed by atoms with van der Waals surface area (Å²) in [5.41, 5.74) is 1.26. The first-order valence-corrected chi connectivity index (χ1v) is 10.5. The zero-order valence-electron chi connectivity index (χ0n) is 17.9. The lowest BCUT2D eigenvalue weighted by Crippen LogP contribution is -2.49. The molecule has 0 saturated carbocycles. The number of aliphatic imine (C=N–C) groups is 1. The Morgan fingerprint density at radius 2 is 2.10 bits per heavy atom. The number of guanidine groups is 1. The Morgan fingerprint density at radius 1 is 1.31 bits per heavy atom. The summed E-state index contributed by atoms with van der Waals surface area (Å²) in [6, 6.07) is 11.0. The summed E-state index contributed by atoms with van der Waals surface area (Å²) < 4.78 is 2.25. The molecule has 160 valence electrons. The fourth-order valence-electron chi connectivity index (χ4n) is 3.83. The van der Waals surface area contributed by atoms with Crippen LogP contribution in [0.2, 0.25) is 0 Å². The summed E-state index contributed by atoms with van der Waals surface area (Å²) in [6.45, 7) is 9.24. The molecule has 0 spiro atoms. The molecule has 0 aliphatic carbocycles. The van der Waals surface area contributed by atoms with Gasteiger partial charge in [-0.15, -0.1) is 24.0 Å². The number of rotatable bonds is 7. The second kappa shape index (κ2) is 12.0. The molecule has 2 atom stereocenters. The second-order valence-electron chi connectivity index (χ2n) is 7.64. The Balaban J connectivity index is 0.00000300. The van der Waals surface area contributed by atoms with E-state index in [1.54, 1.807) is 0 Å². The summed E-state index contributed by atoms with van der Waals surface area (Å²) in [6.07, 6.45) is 8.09. The maximum absolute atomic E-state index is 4.92. The van der Waals surface area contributed by atoms with E-state index in [1.807, 2.05) is 12.5 Å². The van der Waals surface area contributed by atoms with Gasteiger partial charge >= 0.3 is 0 Å². The van der Waals surface area contributed by atoms with Gasteiger partial charge in [0.2, 0.25) is 0 Å². The molecule has 6 nitrogen and oxygen atoms in total. The molecular weight excluding hydrogens is 475 g/mol. The third-order valence-corrected chi connectivity index (χ3v) is 5.57. The number of para-hydroxylation sites is 1. The third kappa shape index (κ3) is 6.62. The SMILES string of the molecule is CCNC(=NCCCN(C)c1ccccc1)N1CCC(C)C(n2ccnc2)C1.I. The molecule has 2 aromatic rings. The number of likely N-dealkylation sites (tertiary alicyclic amines) is 1. The first-order valence-electron chi connectivity index (χ1n) is 10.5. The molecule has 7 heteroatoms. The van der Waals surface area contributed by atoms with Crippen LogP contribution in [0.5, 0.6) is 0 Å². The first kappa shape index (κ1) is 23.5. The molecule has 0 amide bonds. The molecule has 1 N–H and O–H groups in total. The number of anilines is 1. The Labute approximate surface area is 192 Å². The highest BCUT2D eigenvalue weighted by molar-refractivity contribution is 14.0. The molecule has 0 bridgehead atoms. The standard InChI is InChI=1S/C22H34N6.HI/c1-4-24-22(25-12-8-14-26(3)20-9-6-5-7-10-20)27-15-11-19(2)21(17-27)28-16-13-23-18-28;/h5-7,9-10,13,16,18-19,21H,4,8,11-12,14-15,17H2,1-3H3,(H,24,25);1H. The van der Waals surface area contributed by atoms with E-state index in [0.29, 0.717) is 12.0 Å². The van der Waals surface area contributed by atoms with Gasteiger partial charge < -0.3 is 19.7 Å². The van der Waals surface area contributed by atoms with Crippen molar-refractivity contribution in [3.63, 3.8) is 0 Å². The highest BCUT2D eigenvalue weighted by Gasteiger charge is 2.28. The molecule has 1 fully saturated rings. The second-order valence-corrected chi connectivity index (χ2v) is 7.64. The maximum Gasteiger partial charge on any atom is 0.193 e. The smallest absolute Gasteiger partial charge is 0.193 e. The molecule has 2 heterocycles. The van der Waals surface area contributed by atoms with E-state index >= 15 is 0 Å². The van der Waals surface area contributed by atoms with Gasteiger partial charge in [-0.05, 0) is 37.8 Å². The van der Waals surface area contributed by atoms with E-state index in [2.05, 4.69) is 82.1 Å². The average molecular weight is 510 g/mol. The Bertz CT molecular complexity index is 718. The van der Waals surface area contributed by atoms with Crippen molar-refractivity contribution in [3.8, 4) is 0 Å². The van der Waals surface area contributed by atoms with E-state index in [-0.39, 0.29) is 24.0 Å². The highest BCUT2D eigenvalue weighted by atomic mass is 127. The molecule has 1 aliphatic rings. The number of nitrogens with zero attached hydrogens (tertiary/aromatic N) is 5. The molecule has 1 aliphatic heterocycles. The number of hydrogen-bond donors (Lipinski definition) is 1. The van der Waals surface area contributed by atoms with Crippen molar-refractivity contribution in [2.75, 3.05) is 44.7 Å². The summed E-state index contributed by atoms with van der Waals surface area (Å²) >= 11 is 0. The number of nitrogens with one attached hydrogen (secondary N) is 1. The number of imidazole rings is 1. The van der Waals surface area contributed by atoms with Crippen molar-refractivity contribution in [3.05, 3.63) is 49.1 Å². The van der Waals surface area contributed by atoms with Gasteiger partial charge in [-0.3, -0.25) is 4.99 Å². The minimum absolute atomic E-state index is 0. The quantitative estimate of drug-likeness (QED) is 0.266. The van der Waals surface area contributed by atoms with Crippen molar-refractivity contribution >= 4 is 35.6 Å². The van der Waals surface area contributed by atoms with Crippen molar-refractivity contribution in [2.24, 2.45) is 10.9 Å². The molecule has 29 heavy (non-hydrogen) atoms. The van der Waals surface area contributed by atoms with Gasteiger partial charge in [0.1, 0.15) is 0 Å². The van der Waals surface area contributed by atoms with E-state index in [9.17, 15) is 0 Å². The molecule has 2 unspecified atom stereocenters. The van der Waals surface area contributed by atoms with Crippen LogP contribution < -0.4 is 10.2 Å². The van der Waals surface area contributed by atoms with Gasteiger partial charge in [0.25, 0.3) is 0 Å². The summed E-state index contributed by atoms with van der Waals surface area (Å²) in [5, 5.41) is 3.49. The lowest BCUT2D eigenvalue weighted by molar-refractivity contribution is 0.189.